The third kappa shape index (κ3) is 9.59. The Hall–Kier alpha value is -0.420. The molecule has 0 radical (unpaired) electrons. The molecule has 0 aromatic carbocycles. The van der Waals surface area contributed by atoms with Gasteiger partial charge in [-0.25, -0.2) is 0 Å². The summed E-state index contributed by atoms with van der Waals surface area (Å²) in [4.78, 5) is 6.54. The molecule has 0 saturated heterocycles. The lowest BCUT2D eigenvalue weighted by Gasteiger charge is -2.21. The van der Waals surface area contributed by atoms with Gasteiger partial charge in [-0.1, -0.05) is 0 Å². The standard InChI is InChI=1S/C13H30N4S/c1-12(2)17(4)10-9-16-13(14-3)15-8-6-7-11-18-5/h12H,6-11H2,1-5H3,(H2,14,15,16). The van der Waals surface area contributed by atoms with Crippen LogP contribution in [0.25, 0.3) is 0 Å². The molecule has 0 fully saturated rings. The lowest BCUT2D eigenvalue weighted by molar-refractivity contribution is 0.278. The molecule has 0 bridgehead atoms. The summed E-state index contributed by atoms with van der Waals surface area (Å²) >= 11 is 1.91. The zero-order chi connectivity index (χ0) is 13.8. The number of rotatable bonds is 9. The number of hydrogen-bond donors (Lipinski definition) is 2. The third-order valence-electron chi connectivity index (χ3n) is 2.93. The van der Waals surface area contributed by atoms with Gasteiger partial charge in [0.1, 0.15) is 0 Å². The van der Waals surface area contributed by atoms with E-state index in [2.05, 4.69) is 47.7 Å². The van der Waals surface area contributed by atoms with Crippen LogP contribution in [-0.4, -0.2) is 62.6 Å². The van der Waals surface area contributed by atoms with Crippen molar-refractivity contribution in [2.75, 3.05) is 45.7 Å². The van der Waals surface area contributed by atoms with E-state index in [1.54, 1.807) is 0 Å². The minimum atomic E-state index is 0.591. The lowest BCUT2D eigenvalue weighted by Crippen LogP contribution is -2.42. The SMILES string of the molecule is CN=C(NCCCCSC)NCCN(C)C(C)C. The minimum Gasteiger partial charge on any atom is -0.356 e. The number of guanidine groups is 1. The molecule has 0 saturated carbocycles. The molecule has 0 aliphatic rings. The fourth-order valence-corrected chi connectivity index (χ4v) is 1.90. The van der Waals surface area contributed by atoms with Crippen molar-refractivity contribution >= 4 is 17.7 Å². The molecule has 0 atom stereocenters. The van der Waals surface area contributed by atoms with Gasteiger partial charge >= 0.3 is 0 Å². The molecule has 0 spiro atoms. The number of hydrogen-bond acceptors (Lipinski definition) is 3. The minimum absolute atomic E-state index is 0.591. The second kappa shape index (κ2) is 11.7. The normalized spacial score (nSPS) is 12.3. The summed E-state index contributed by atoms with van der Waals surface area (Å²) in [6.45, 7) is 7.38. The first kappa shape index (κ1) is 17.6. The summed E-state index contributed by atoms with van der Waals surface area (Å²) in [7, 11) is 3.97. The van der Waals surface area contributed by atoms with Crippen LogP contribution >= 0.6 is 11.8 Å². The highest BCUT2D eigenvalue weighted by molar-refractivity contribution is 7.98. The topological polar surface area (TPSA) is 39.7 Å². The summed E-state index contributed by atoms with van der Waals surface area (Å²) < 4.78 is 0. The van der Waals surface area contributed by atoms with Crippen molar-refractivity contribution < 1.29 is 0 Å². The first-order valence-electron chi connectivity index (χ1n) is 6.75. The van der Waals surface area contributed by atoms with Crippen LogP contribution < -0.4 is 10.6 Å². The summed E-state index contributed by atoms with van der Waals surface area (Å²) in [6, 6.07) is 0.591. The molecule has 0 heterocycles. The molecular formula is C13H30N4S. The maximum Gasteiger partial charge on any atom is 0.191 e. The van der Waals surface area contributed by atoms with E-state index < -0.39 is 0 Å². The smallest absolute Gasteiger partial charge is 0.191 e. The second-order valence-electron chi connectivity index (χ2n) is 4.70. The number of nitrogens with one attached hydrogen (secondary N) is 2. The van der Waals surface area contributed by atoms with Gasteiger partial charge < -0.3 is 15.5 Å². The third-order valence-corrected chi connectivity index (χ3v) is 3.63. The van der Waals surface area contributed by atoms with Gasteiger partial charge in [-0.05, 0) is 45.7 Å². The molecule has 0 aliphatic heterocycles. The van der Waals surface area contributed by atoms with Crippen LogP contribution in [0, 0.1) is 0 Å². The van der Waals surface area contributed by atoms with Crippen LogP contribution in [0.3, 0.4) is 0 Å². The molecule has 108 valence electrons. The van der Waals surface area contributed by atoms with Gasteiger partial charge in [0.2, 0.25) is 0 Å². The van der Waals surface area contributed by atoms with E-state index in [0.717, 1.165) is 25.6 Å². The van der Waals surface area contributed by atoms with Gasteiger partial charge in [-0.3, -0.25) is 4.99 Å². The second-order valence-corrected chi connectivity index (χ2v) is 5.69. The first-order chi connectivity index (χ1) is 8.61. The van der Waals surface area contributed by atoms with Crippen LogP contribution in [0.4, 0.5) is 0 Å². The number of unbranched alkanes of at least 4 members (excludes halogenated alkanes) is 1. The summed E-state index contributed by atoms with van der Waals surface area (Å²) in [6.07, 6.45) is 4.62. The van der Waals surface area contributed by atoms with Crippen LogP contribution in [0.2, 0.25) is 0 Å². The van der Waals surface area contributed by atoms with Crippen LogP contribution in [0.1, 0.15) is 26.7 Å². The molecule has 0 rings (SSSR count). The van der Waals surface area contributed by atoms with Crippen molar-refractivity contribution in [2.45, 2.75) is 32.7 Å². The van der Waals surface area contributed by atoms with Crippen molar-refractivity contribution in [3.8, 4) is 0 Å². The van der Waals surface area contributed by atoms with E-state index in [-0.39, 0.29) is 0 Å². The monoisotopic (exact) mass is 274 g/mol. The quantitative estimate of drug-likeness (QED) is 0.381. The average Bonchev–Trinajstić information content (AvgIpc) is 2.36. The molecule has 5 heteroatoms. The summed E-state index contributed by atoms with van der Waals surface area (Å²) in [5, 5.41) is 6.68. The molecule has 0 unspecified atom stereocenters. The number of nitrogens with zero attached hydrogens (tertiary/aromatic N) is 2. The largest absolute Gasteiger partial charge is 0.356 e. The van der Waals surface area contributed by atoms with Crippen molar-refractivity contribution in [1.82, 2.24) is 15.5 Å². The zero-order valence-electron chi connectivity index (χ0n) is 12.6. The van der Waals surface area contributed by atoms with Gasteiger partial charge in [0.15, 0.2) is 5.96 Å². The average molecular weight is 274 g/mol. The van der Waals surface area contributed by atoms with E-state index in [9.17, 15) is 0 Å². The number of likely N-dealkylation sites (N-methyl/N-ethyl adjacent to an activating group) is 1. The van der Waals surface area contributed by atoms with E-state index >= 15 is 0 Å². The van der Waals surface area contributed by atoms with Gasteiger partial charge in [-0.15, -0.1) is 0 Å². The van der Waals surface area contributed by atoms with Gasteiger partial charge in [0.25, 0.3) is 0 Å². The first-order valence-corrected chi connectivity index (χ1v) is 8.15. The molecule has 0 aliphatic carbocycles. The van der Waals surface area contributed by atoms with Crippen molar-refractivity contribution in [3.05, 3.63) is 0 Å². The van der Waals surface area contributed by atoms with Gasteiger partial charge in [-0.2, -0.15) is 11.8 Å². The maximum absolute atomic E-state index is 4.22. The molecule has 18 heavy (non-hydrogen) atoms. The van der Waals surface area contributed by atoms with Crippen molar-refractivity contribution in [3.63, 3.8) is 0 Å². The van der Waals surface area contributed by atoms with Crippen molar-refractivity contribution in [2.24, 2.45) is 4.99 Å². The Morgan fingerprint density at radius 1 is 1.22 bits per heavy atom. The predicted molar refractivity (Wildman–Crippen MR) is 84.7 cm³/mol. The van der Waals surface area contributed by atoms with E-state index in [1.807, 2.05) is 18.8 Å². The molecule has 0 aromatic rings. The zero-order valence-corrected chi connectivity index (χ0v) is 13.4. The predicted octanol–water partition coefficient (Wildman–Crippen LogP) is 1.63. The lowest BCUT2D eigenvalue weighted by atomic mass is 10.3. The maximum atomic E-state index is 4.22. The summed E-state index contributed by atoms with van der Waals surface area (Å²) in [5.74, 6) is 2.16. The number of thioether (sulfide) groups is 1. The molecule has 4 nitrogen and oxygen atoms in total. The fourth-order valence-electron chi connectivity index (χ4n) is 1.41. The summed E-state index contributed by atoms with van der Waals surface area (Å²) in [5.41, 5.74) is 0. The molecule has 0 amide bonds. The van der Waals surface area contributed by atoms with Crippen molar-refractivity contribution in [1.29, 1.82) is 0 Å². The molecule has 0 aromatic heterocycles. The van der Waals surface area contributed by atoms with Gasteiger partial charge in [0, 0.05) is 32.7 Å². The Bertz CT molecular complexity index is 219. The van der Waals surface area contributed by atoms with E-state index in [1.165, 1.54) is 18.6 Å². The van der Waals surface area contributed by atoms with Crippen LogP contribution in [0.5, 0.6) is 0 Å². The number of aliphatic imine (C=N–C) groups is 1. The van der Waals surface area contributed by atoms with Gasteiger partial charge in [0.05, 0.1) is 0 Å². The Balaban J connectivity index is 3.59. The Labute approximate surface area is 117 Å². The van der Waals surface area contributed by atoms with E-state index in [4.69, 9.17) is 0 Å². The fraction of sp³-hybridized carbons (Fsp3) is 0.923. The molecular weight excluding hydrogens is 244 g/mol. The Morgan fingerprint density at radius 3 is 2.44 bits per heavy atom. The van der Waals surface area contributed by atoms with E-state index in [0.29, 0.717) is 6.04 Å². The van der Waals surface area contributed by atoms with Crippen LogP contribution in [-0.2, 0) is 0 Å². The highest BCUT2D eigenvalue weighted by atomic mass is 32.2. The highest BCUT2D eigenvalue weighted by Gasteiger charge is 2.02. The Morgan fingerprint density at radius 2 is 1.89 bits per heavy atom. The Kier molecular flexibility index (Phi) is 11.4. The van der Waals surface area contributed by atoms with Crippen LogP contribution in [0.15, 0.2) is 4.99 Å². The molecule has 2 N–H and O–H groups in total. The highest BCUT2D eigenvalue weighted by Crippen LogP contribution is 1.97.